The van der Waals surface area contributed by atoms with Gasteiger partial charge in [0.25, 0.3) is 11.8 Å². The van der Waals surface area contributed by atoms with Crippen molar-refractivity contribution in [2.45, 2.75) is 30.6 Å². The van der Waals surface area contributed by atoms with Gasteiger partial charge < -0.3 is 11.1 Å². The fourth-order valence-corrected chi connectivity index (χ4v) is 4.06. The number of halogens is 3. The number of nitrogens with two attached hydrogens (primary N) is 1. The summed E-state index contributed by atoms with van der Waals surface area (Å²) in [6, 6.07) is 9.94. The Bertz CT molecular complexity index is 995. The Labute approximate surface area is 169 Å². The molecular weight excluding hydrogens is 403 g/mol. The number of carbonyl (C=O) groups excluding carboxylic acids is 2. The summed E-state index contributed by atoms with van der Waals surface area (Å²) >= 11 is 0.587. The van der Waals surface area contributed by atoms with Crippen molar-refractivity contribution in [3.8, 4) is 0 Å². The minimum Gasteiger partial charge on any atom is -0.366 e. The molecule has 3 N–H and O–H groups in total. The molecule has 2 atom stereocenters. The van der Waals surface area contributed by atoms with Crippen LogP contribution in [-0.4, -0.2) is 21.7 Å². The van der Waals surface area contributed by atoms with Crippen molar-refractivity contribution < 1.29 is 22.8 Å². The fraction of sp³-hybridized carbons (Fsp3) is 0.250. The second-order valence-electron chi connectivity index (χ2n) is 6.76. The highest BCUT2D eigenvalue weighted by molar-refractivity contribution is 8.16. The zero-order valence-electron chi connectivity index (χ0n) is 15.6. The van der Waals surface area contributed by atoms with Gasteiger partial charge in [-0.1, -0.05) is 42.1 Å². The van der Waals surface area contributed by atoms with Crippen molar-refractivity contribution in [3.63, 3.8) is 0 Å². The number of nitrogens with one attached hydrogen (secondary N) is 1. The van der Waals surface area contributed by atoms with Crippen molar-refractivity contribution in [2.24, 2.45) is 10.7 Å². The van der Waals surface area contributed by atoms with Crippen LogP contribution in [0.4, 0.5) is 13.2 Å². The molecule has 1 aliphatic heterocycles. The molecule has 3 rings (SSSR count). The van der Waals surface area contributed by atoms with Crippen molar-refractivity contribution in [2.75, 3.05) is 0 Å². The van der Waals surface area contributed by atoms with Crippen LogP contribution >= 0.6 is 11.8 Å². The smallest absolute Gasteiger partial charge is 0.296 e. The molecular formula is C20H18F3N3O2S. The van der Waals surface area contributed by atoms with E-state index < -0.39 is 39.9 Å². The number of amides is 2. The molecule has 0 fully saturated rings. The molecule has 0 saturated heterocycles. The average Bonchev–Trinajstić information content (AvgIpc) is 2.97. The van der Waals surface area contributed by atoms with Crippen LogP contribution in [0.15, 0.2) is 53.5 Å². The minimum atomic E-state index is -3.58. The lowest BCUT2D eigenvalue weighted by Gasteiger charge is -2.31. The van der Waals surface area contributed by atoms with Gasteiger partial charge in [0.05, 0.1) is 6.04 Å². The van der Waals surface area contributed by atoms with Crippen LogP contribution in [0.25, 0.3) is 0 Å². The standard InChI is InChI=1S/C20H18F3N3O2S/c1-11(14-5-3-4-6-15(14)21)25-18-26-17(28)19(2,29-18)20(22,23)13-9-7-12(8-10-13)16(24)27/h3-11H,1-2H3,(H2,24,27)(H,25,26,28)/t11-,19?/m0/s1. The lowest BCUT2D eigenvalue weighted by molar-refractivity contribution is -0.130. The molecule has 5 nitrogen and oxygen atoms in total. The molecule has 29 heavy (non-hydrogen) atoms. The van der Waals surface area contributed by atoms with Gasteiger partial charge in [-0.25, -0.2) is 4.39 Å². The summed E-state index contributed by atoms with van der Waals surface area (Å²) in [6.07, 6.45) is 0. The van der Waals surface area contributed by atoms with E-state index in [1.165, 1.54) is 24.3 Å². The highest BCUT2D eigenvalue weighted by Gasteiger charge is 2.60. The van der Waals surface area contributed by atoms with Crippen LogP contribution in [-0.2, 0) is 10.7 Å². The Morgan fingerprint density at radius 3 is 2.41 bits per heavy atom. The average molecular weight is 421 g/mol. The van der Waals surface area contributed by atoms with E-state index in [1.54, 1.807) is 19.1 Å². The Balaban J connectivity index is 1.81. The van der Waals surface area contributed by atoms with Gasteiger partial charge in [0.2, 0.25) is 5.91 Å². The fourth-order valence-electron chi connectivity index (χ4n) is 2.93. The summed E-state index contributed by atoms with van der Waals surface area (Å²) in [5, 5.41) is 2.81. The van der Waals surface area contributed by atoms with E-state index in [1.807, 2.05) is 0 Å². The molecule has 1 aliphatic rings. The molecule has 2 amide bonds. The zero-order valence-corrected chi connectivity index (χ0v) is 16.4. The lowest BCUT2D eigenvalue weighted by atomic mass is 9.93. The molecule has 9 heteroatoms. The number of hydrogen-bond donors (Lipinski definition) is 2. The first-order chi connectivity index (χ1) is 13.6. The minimum absolute atomic E-state index is 0.0123. The highest BCUT2D eigenvalue weighted by Crippen LogP contribution is 2.51. The number of carbonyl (C=O) groups is 2. The molecule has 2 aromatic carbocycles. The second-order valence-corrected chi connectivity index (χ2v) is 8.17. The molecule has 0 bridgehead atoms. The maximum atomic E-state index is 15.2. The summed E-state index contributed by atoms with van der Waals surface area (Å²) in [7, 11) is 0. The summed E-state index contributed by atoms with van der Waals surface area (Å²) in [5.41, 5.74) is 5.09. The largest absolute Gasteiger partial charge is 0.366 e. The number of primary amides is 1. The summed E-state index contributed by atoms with van der Waals surface area (Å²) in [4.78, 5) is 27.3. The van der Waals surface area contributed by atoms with Crippen LogP contribution in [0, 0.1) is 5.82 Å². The van der Waals surface area contributed by atoms with E-state index in [4.69, 9.17) is 5.73 Å². The number of aliphatic imine (C=N–C) groups is 1. The number of alkyl halides is 2. The van der Waals surface area contributed by atoms with Gasteiger partial charge in [-0.15, -0.1) is 0 Å². The first-order valence-electron chi connectivity index (χ1n) is 8.67. The monoisotopic (exact) mass is 421 g/mol. The summed E-state index contributed by atoms with van der Waals surface area (Å²) in [6.45, 7) is 2.75. The quantitative estimate of drug-likeness (QED) is 0.770. The van der Waals surface area contributed by atoms with Gasteiger partial charge in [0.15, 0.2) is 9.91 Å². The predicted octanol–water partition coefficient (Wildman–Crippen LogP) is 3.76. The number of benzene rings is 2. The maximum absolute atomic E-state index is 15.2. The molecule has 152 valence electrons. The second kappa shape index (κ2) is 7.55. The van der Waals surface area contributed by atoms with Crippen molar-refractivity contribution >= 4 is 28.7 Å². The first-order valence-corrected chi connectivity index (χ1v) is 9.49. The van der Waals surface area contributed by atoms with Crippen molar-refractivity contribution in [1.82, 2.24) is 5.32 Å². The summed E-state index contributed by atoms with van der Waals surface area (Å²) in [5.74, 6) is -5.78. The van der Waals surface area contributed by atoms with E-state index in [9.17, 15) is 14.0 Å². The van der Waals surface area contributed by atoms with Crippen LogP contribution in [0.5, 0.6) is 0 Å². The van der Waals surface area contributed by atoms with Gasteiger partial charge in [-0.05, 0) is 32.0 Å². The molecule has 0 aliphatic carbocycles. The number of thioether (sulfide) groups is 1. The predicted molar refractivity (Wildman–Crippen MR) is 105 cm³/mol. The van der Waals surface area contributed by atoms with Gasteiger partial charge in [-0.2, -0.15) is 13.8 Å². The van der Waals surface area contributed by atoms with E-state index in [0.29, 0.717) is 17.3 Å². The SMILES string of the molecule is C[C@H](NC1=NC(=O)C(C)(C(F)(F)c2ccc(C(N)=O)cc2)S1)c1ccccc1F. The van der Waals surface area contributed by atoms with Gasteiger partial charge in [0, 0.05) is 16.7 Å². The molecule has 1 unspecified atom stereocenters. The number of rotatable bonds is 5. The maximum Gasteiger partial charge on any atom is 0.296 e. The van der Waals surface area contributed by atoms with E-state index >= 15 is 8.78 Å². The van der Waals surface area contributed by atoms with Crippen LogP contribution in [0.1, 0.15) is 41.4 Å². The van der Waals surface area contributed by atoms with Gasteiger partial charge in [0.1, 0.15) is 5.82 Å². The molecule has 0 spiro atoms. The molecule has 0 saturated carbocycles. The number of nitrogens with zero attached hydrogens (tertiary/aromatic N) is 1. The highest BCUT2D eigenvalue weighted by atomic mass is 32.2. The number of hydrogen-bond acceptors (Lipinski definition) is 4. The Morgan fingerprint density at radius 2 is 1.83 bits per heavy atom. The Morgan fingerprint density at radius 1 is 1.21 bits per heavy atom. The number of amidine groups is 1. The normalized spacial score (nSPS) is 20.3. The Hall–Kier alpha value is -2.81. The summed E-state index contributed by atoms with van der Waals surface area (Å²) < 4.78 is 42.2. The lowest BCUT2D eigenvalue weighted by Crippen LogP contribution is -2.45. The molecule has 0 radical (unpaired) electrons. The molecule has 1 heterocycles. The molecule has 0 aromatic heterocycles. The third-order valence-electron chi connectivity index (χ3n) is 4.75. The Kier molecular flexibility index (Phi) is 5.44. The van der Waals surface area contributed by atoms with Crippen LogP contribution in [0.2, 0.25) is 0 Å². The van der Waals surface area contributed by atoms with Crippen LogP contribution < -0.4 is 11.1 Å². The van der Waals surface area contributed by atoms with Gasteiger partial charge in [-0.3, -0.25) is 9.59 Å². The van der Waals surface area contributed by atoms with Crippen LogP contribution in [0.3, 0.4) is 0 Å². The third-order valence-corrected chi connectivity index (χ3v) is 6.00. The van der Waals surface area contributed by atoms with E-state index in [0.717, 1.165) is 19.1 Å². The zero-order chi connectivity index (χ0) is 21.4. The van der Waals surface area contributed by atoms with Gasteiger partial charge >= 0.3 is 0 Å². The topological polar surface area (TPSA) is 84.6 Å². The van der Waals surface area contributed by atoms with E-state index in [-0.39, 0.29) is 10.7 Å². The third kappa shape index (κ3) is 3.74. The first kappa shape index (κ1) is 20.9. The van der Waals surface area contributed by atoms with Crippen molar-refractivity contribution in [1.29, 1.82) is 0 Å². The van der Waals surface area contributed by atoms with Crippen molar-refractivity contribution in [3.05, 3.63) is 71.0 Å². The van der Waals surface area contributed by atoms with E-state index in [2.05, 4.69) is 10.3 Å². The molecule has 2 aromatic rings.